The molecule has 108 valence electrons. The first-order chi connectivity index (χ1) is 9.31. The van der Waals surface area contributed by atoms with Crippen molar-refractivity contribution >= 4 is 16.0 Å². The molecule has 1 aromatic carbocycles. The molecular formula is C13H15NO5S. The van der Waals surface area contributed by atoms with Crippen LogP contribution in [0.15, 0.2) is 23.1 Å². The Morgan fingerprint density at radius 1 is 1.55 bits per heavy atom. The Labute approximate surface area is 117 Å². The highest BCUT2D eigenvalue weighted by molar-refractivity contribution is 7.89. The van der Waals surface area contributed by atoms with Crippen LogP contribution >= 0.6 is 0 Å². The van der Waals surface area contributed by atoms with E-state index >= 15 is 0 Å². The highest BCUT2D eigenvalue weighted by Gasteiger charge is 2.22. The van der Waals surface area contributed by atoms with Crippen molar-refractivity contribution < 1.29 is 23.1 Å². The van der Waals surface area contributed by atoms with Gasteiger partial charge < -0.3 is 9.84 Å². The van der Waals surface area contributed by atoms with Crippen LogP contribution in [0.2, 0.25) is 0 Å². The number of aromatic carboxylic acids is 1. The lowest BCUT2D eigenvalue weighted by atomic mass is 10.2. The van der Waals surface area contributed by atoms with E-state index in [9.17, 15) is 13.2 Å². The van der Waals surface area contributed by atoms with Crippen LogP contribution in [-0.2, 0) is 10.0 Å². The normalized spacial score (nSPS) is 12.4. The fourth-order valence-electron chi connectivity index (χ4n) is 1.57. The zero-order valence-corrected chi connectivity index (χ0v) is 11.9. The average molecular weight is 297 g/mol. The molecule has 1 unspecified atom stereocenters. The number of carboxylic acid groups (broad SMARTS) is 1. The molecule has 0 saturated heterocycles. The topological polar surface area (TPSA) is 92.7 Å². The first-order valence-electron chi connectivity index (χ1n) is 5.69. The molecule has 1 atom stereocenters. The summed E-state index contributed by atoms with van der Waals surface area (Å²) in [7, 11) is -2.56. The van der Waals surface area contributed by atoms with Crippen LogP contribution in [0.25, 0.3) is 0 Å². The van der Waals surface area contributed by atoms with Crippen LogP contribution in [0.3, 0.4) is 0 Å². The van der Waals surface area contributed by atoms with Crippen molar-refractivity contribution in [2.45, 2.75) is 24.3 Å². The molecular weight excluding hydrogens is 282 g/mol. The van der Waals surface area contributed by atoms with Gasteiger partial charge >= 0.3 is 5.97 Å². The lowest BCUT2D eigenvalue weighted by Gasteiger charge is -2.14. The minimum Gasteiger partial charge on any atom is -0.495 e. The molecule has 0 aromatic heterocycles. The van der Waals surface area contributed by atoms with Gasteiger partial charge in [0.2, 0.25) is 10.0 Å². The van der Waals surface area contributed by atoms with Crippen molar-refractivity contribution in [1.82, 2.24) is 4.72 Å². The lowest BCUT2D eigenvalue weighted by Crippen LogP contribution is -2.32. The van der Waals surface area contributed by atoms with Crippen molar-refractivity contribution in [3.63, 3.8) is 0 Å². The van der Waals surface area contributed by atoms with E-state index in [2.05, 4.69) is 10.6 Å². The molecule has 0 fully saturated rings. The van der Waals surface area contributed by atoms with Gasteiger partial charge in [-0.1, -0.05) is 0 Å². The third-order valence-electron chi connectivity index (χ3n) is 2.48. The molecule has 20 heavy (non-hydrogen) atoms. The van der Waals surface area contributed by atoms with Gasteiger partial charge in [-0.05, 0) is 25.1 Å². The molecule has 0 heterocycles. The van der Waals surface area contributed by atoms with Gasteiger partial charge in [-0.3, -0.25) is 0 Å². The minimum atomic E-state index is -3.83. The number of hydrogen-bond acceptors (Lipinski definition) is 4. The molecule has 0 spiro atoms. The summed E-state index contributed by atoms with van der Waals surface area (Å²) < 4.78 is 31.7. The van der Waals surface area contributed by atoms with Crippen LogP contribution in [0, 0.1) is 12.3 Å². The number of carbonyl (C=O) groups is 1. The number of benzene rings is 1. The van der Waals surface area contributed by atoms with E-state index in [1.807, 2.05) is 0 Å². The van der Waals surface area contributed by atoms with Crippen LogP contribution in [0.4, 0.5) is 0 Å². The van der Waals surface area contributed by atoms with Crippen LogP contribution in [0.1, 0.15) is 23.7 Å². The van der Waals surface area contributed by atoms with Crippen molar-refractivity contribution in [2.75, 3.05) is 7.11 Å². The molecule has 2 N–H and O–H groups in total. The van der Waals surface area contributed by atoms with Crippen LogP contribution in [0.5, 0.6) is 5.75 Å². The Hall–Kier alpha value is -2.04. The van der Waals surface area contributed by atoms with Gasteiger partial charge in [-0.25, -0.2) is 17.9 Å². The highest BCUT2D eigenvalue weighted by atomic mass is 32.2. The molecule has 7 heteroatoms. The number of sulfonamides is 1. The smallest absolute Gasteiger partial charge is 0.335 e. The number of nitrogens with one attached hydrogen (secondary N) is 1. The second kappa shape index (κ2) is 6.41. The molecule has 0 aliphatic rings. The largest absolute Gasteiger partial charge is 0.495 e. The maximum Gasteiger partial charge on any atom is 0.335 e. The van der Waals surface area contributed by atoms with Crippen molar-refractivity contribution in [3.8, 4) is 18.1 Å². The summed E-state index contributed by atoms with van der Waals surface area (Å²) in [6.45, 7) is 1.63. The monoisotopic (exact) mass is 297 g/mol. The van der Waals surface area contributed by atoms with Gasteiger partial charge in [0.15, 0.2) is 0 Å². The Kier molecular flexibility index (Phi) is 5.13. The third-order valence-corrected chi connectivity index (χ3v) is 4.11. The van der Waals surface area contributed by atoms with E-state index in [0.717, 1.165) is 6.07 Å². The number of hydrogen-bond donors (Lipinski definition) is 2. The van der Waals surface area contributed by atoms with Crippen molar-refractivity contribution in [3.05, 3.63) is 23.8 Å². The summed E-state index contributed by atoms with van der Waals surface area (Å²) >= 11 is 0. The zero-order valence-electron chi connectivity index (χ0n) is 11.1. The van der Waals surface area contributed by atoms with E-state index in [1.165, 1.54) is 19.2 Å². The fraction of sp³-hybridized carbons (Fsp3) is 0.308. The lowest BCUT2D eigenvalue weighted by molar-refractivity contribution is 0.0696. The highest BCUT2D eigenvalue weighted by Crippen LogP contribution is 2.25. The van der Waals surface area contributed by atoms with Gasteiger partial charge in [0.25, 0.3) is 0 Å². The Balaban J connectivity index is 3.19. The predicted octanol–water partition coefficient (Wildman–Crippen LogP) is 1.08. The first-order valence-corrected chi connectivity index (χ1v) is 7.17. The maximum absolute atomic E-state index is 12.2. The summed E-state index contributed by atoms with van der Waals surface area (Å²) in [4.78, 5) is 10.7. The summed E-state index contributed by atoms with van der Waals surface area (Å²) in [5.41, 5.74) is -0.0579. The number of rotatable bonds is 6. The number of carboxylic acids is 1. The molecule has 0 aliphatic heterocycles. The molecule has 0 radical (unpaired) electrons. The maximum atomic E-state index is 12.2. The van der Waals surface area contributed by atoms with E-state index in [-0.39, 0.29) is 22.6 Å². The molecule has 0 saturated carbocycles. The zero-order chi connectivity index (χ0) is 15.3. The van der Waals surface area contributed by atoms with Crippen LogP contribution in [-0.4, -0.2) is 32.6 Å². The number of methoxy groups -OCH3 is 1. The quantitative estimate of drug-likeness (QED) is 0.767. The molecule has 0 aliphatic carbocycles. The number of terminal acetylenes is 1. The van der Waals surface area contributed by atoms with Crippen LogP contribution < -0.4 is 9.46 Å². The second-order valence-corrected chi connectivity index (χ2v) is 5.78. The third kappa shape index (κ3) is 3.73. The molecule has 6 nitrogen and oxygen atoms in total. The second-order valence-electron chi connectivity index (χ2n) is 4.10. The molecule has 0 amide bonds. The van der Waals surface area contributed by atoms with Crippen molar-refractivity contribution in [1.29, 1.82) is 0 Å². The number of ether oxygens (including phenoxy) is 1. The summed E-state index contributed by atoms with van der Waals surface area (Å²) in [5, 5.41) is 8.87. The fourth-order valence-corrected chi connectivity index (χ4v) is 2.96. The Bertz CT molecular complexity index is 645. The van der Waals surface area contributed by atoms with E-state index < -0.39 is 22.0 Å². The van der Waals surface area contributed by atoms with Crippen molar-refractivity contribution in [2.24, 2.45) is 0 Å². The van der Waals surface area contributed by atoms with Gasteiger partial charge in [0.05, 0.1) is 12.7 Å². The summed E-state index contributed by atoms with van der Waals surface area (Å²) in [5.74, 6) is 1.16. The van der Waals surface area contributed by atoms with Gasteiger partial charge in [-0.15, -0.1) is 12.3 Å². The SMILES string of the molecule is C#CCC(C)NS(=O)(=O)c1ccc(C(=O)O)cc1OC. The van der Waals surface area contributed by atoms with E-state index in [1.54, 1.807) is 6.92 Å². The Morgan fingerprint density at radius 2 is 2.20 bits per heavy atom. The van der Waals surface area contributed by atoms with Gasteiger partial charge in [0, 0.05) is 12.5 Å². The van der Waals surface area contributed by atoms with E-state index in [4.69, 9.17) is 16.3 Å². The molecule has 1 aromatic rings. The standard InChI is InChI=1S/C13H15NO5S/c1-4-5-9(2)14-20(17,18)12-7-6-10(13(15)16)8-11(12)19-3/h1,6-9,14H,5H2,2-3H3,(H,15,16). The van der Waals surface area contributed by atoms with E-state index in [0.29, 0.717) is 0 Å². The Morgan fingerprint density at radius 3 is 2.70 bits per heavy atom. The summed E-state index contributed by atoms with van der Waals surface area (Å²) in [6, 6.07) is 3.11. The van der Waals surface area contributed by atoms with Gasteiger partial charge in [-0.2, -0.15) is 0 Å². The minimum absolute atomic E-state index is 0.0368. The van der Waals surface area contributed by atoms with Gasteiger partial charge in [0.1, 0.15) is 10.6 Å². The summed E-state index contributed by atoms with van der Waals surface area (Å²) in [6.07, 6.45) is 5.37. The average Bonchev–Trinajstić information content (AvgIpc) is 2.37. The predicted molar refractivity (Wildman–Crippen MR) is 73.2 cm³/mol. The first kappa shape index (κ1) is 16.0. The molecule has 0 bridgehead atoms. The molecule has 1 rings (SSSR count).